The zero-order valence-electron chi connectivity index (χ0n) is 16.9. The minimum Gasteiger partial charge on any atom is -0.462 e. The molecule has 4 nitrogen and oxygen atoms in total. The SMILES string of the molecule is CCCCN1CCC(COC(=O)c2cccc3c2C2=CCCOC2C=C3)CC1. The number of carbonyl (C=O) groups is 1. The Balaban J connectivity index is 1.39. The number of fused-ring (bicyclic) bond motifs is 3. The van der Waals surface area contributed by atoms with Gasteiger partial charge < -0.3 is 14.4 Å². The number of nitrogens with zero attached hydrogens (tertiary/aromatic N) is 1. The fourth-order valence-corrected chi connectivity index (χ4v) is 4.44. The largest absolute Gasteiger partial charge is 0.462 e. The highest BCUT2D eigenvalue weighted by molar-refractivity contribution is 5.99. The molecule has 0 saturated carbocycles. The molecule has 150 valence electrons. The number of hydrogen-bond acceptors (Lipinski definition) is 4. The van der Waals surface area contributed by atoms with Gasteiger partial charge in [0.15, 0.2) is 0 Å². The number of rotatable bonds is 6. The average Bonchev–Trinajstić information content (AvgIpc) is 2.76. The van der Waals surface area contributed by atoms with Gasteiger partial charge in [-0.25, -0.2) is 4.79 Å². The van der Waals surface area contributed by atoms with Gasteiger partial charge in [0, 0.05) is 5.56 Å². The van der Waals surface area contributed by atoms with Crippen molar-refractivity contribution in [3.05, 3.63) is 47.0 Å². The summed E-state index contributed by atoms with van der Waals surface area (Å²) in [5, 5.41) is 0. The van der Waals surface area contributed by atoms with Crippen molar-refractivity contribution in [2.75, 3.05) is 32.8 Å². The molecule has 2 aliphatic heterocycles. The van der Waals surface area contributed by atoms with Gasteiger partial charge in [0.25, 0.3) is 0 Å². The molecular weight excluding hydrogens is 350 g/mol. The van der Waals surface area contributed by atoms with Gasteiger partial charge in [0.2, 0.25) is 0 Å². The maximum Gasteiger partial charge on any atom is 0.338 e. The third-order valence-electron chi connectivity index (χ3n) is 6.13. The van der Waals surface area contributed by atoms with Crippen molar-refractivity contribution in [1.82, 2.24) is 4.90 Å². The number of piperidine rings is 1. The lowest BCUT2D eigenvalue weighted by atomic mass is 9.85. The summed E-state index contributed by atoms with van der Waals surface area (Å²) in [6.45, 7) is 6.95. The molecule has 1 saturated heterocycles. The number of unbranched alkanes of at least 4 members (excludes halogenated alkanes) is 1. The highest BCUT2D eigenvalue weighted by atomic mass is 16.5. The van der Waals surface area contributed by atoms with Gasteiger partial charge in [-0.3, -0.25) is 0 Å². The van der Waals surface area contributed by atoms with Gasteiger partial charge in [0.05, 0.1) is 18.8 Å². The predicted molar refractivity (Wildman–Crippen MR) is 112 cm³/mol. The van der Waals surface area contributed by atoms with Crippen LogP contribution in [0.2, 0.25) is 0 Å². The highest BCUT2D eigenvalue weighted by Crippen LogP contribution is 2.36. The van der Waals surface area contributed by atoms with E-state index in [0.717, 1.165) is 55.7 Å². The van der Waals surface area contributed by atoms with E-state index in [0.29, 0.717) is 18.1 Å². The molecule has 0 radical (unpaired) electrons. The number of benzene rings is 1. The van der Waals surface area contributed by atoms with Gasteiger partial charge in [-0.05, 0) is 68.4 Å². The van der Waals surface area contributed by atoms with E-state index in [9.17, 15) is 4.79 Å². The van der Waals surface area contributed by atoms with E-state index in [1.165, 1.54) is 19.4 Å². The maximum absolute atomic E-state index is 12.9. The monoisotopic (exact) mass is 381 g/mol. The second kappa shape index (κ2) is 9.06. The van der Waals surface area contributed by atoms with E-state index < -0.39 is 0 Å². The molecule has 1 aromatic carbocycles. The van der Waals surface area contributed by atoms with Crippen LogP contribution in [0.25, 0.3) is 11.6 Å². The van der Waals surface area contributed by atoms with Crippen LogP contribution in [0.5, 0.6) is 0 Å². The summed E-state index contributed by atoms with van der Waals surface area (Å²) >= 11 is 0. The van der Waals surface area contributed by atoms with Crippen LogP contribution >= 0.6 is 0 Å². The molecular formula is C24H31NO3. The fourth-order valence-electron chi connectivity index (χ4n) is 4.44. The molecule has 1 unspecified atom stereocenters. The lowest BCUT2D eigenvalue weighted by Crippen LogP contribution is -2.36. The first-order valence-corrected chi connectivity index (χ1v) is 10.8. The number of likely N-dealkylation sites (tertiary alicyclic amines) is 1. The van der Waals surface area contributed by atoms with E-state index in [1.54, 1.807) is 0 Å². The second-order valence-electron chi connectivity index (χ2n) is 8.11. The van der Waals surface area contributed by atoms with Crippen molar-refractivity contribution in [2.24, 2.45) is 5.92 Å². The first kappa shape index (κ1) is 19.4. The second-order valence-corrected chi connectivity index (χ2v) is 8.11. The summed E-state index contributed by atoms with van der Waals surface area (Å²) < 4.78 is 11.6. The molecule has 2 heterocycles. The molecule has 4 heteroatoms. The summed E-state index contributed by atoms with van der Waals surface area (Å²) in [4.78, 5) is 15.5. The Bertz CT molecular complexity index is 759. The Labute approximate surface area is 168 Å². The van der Waals surface area contributed by atoms with Crippen LogP contribution < -0.4 is 0 Å². The Morgan fingerprint density at radius 3 is 2.96 bits per heavy atom. The molecule has 4 rings (SSSR count). The summed E-state index contributed by atoms with van der Waals surface area (Å²) in [6.07, 6.45) is 12.0. The fraction of sp³-hybridized carbons (Fsp3) is 0.542. The van der Waals surface area contributed by atoms with Crippen LogP contribution in [0.4, 0.5) is 0 Å². The Kier molecular flexibility index (Phi) is 6.28. The Morgan fingerprint density at radius 2 is 2.14 bits per heavy atom. The van der Waals surface area contributed by atoms with Crippen molar-refractivity contribution in [3.63, 3.8) is 0 Å². The van der Waals surface area contributed by atoms with Crippen LogP contribution in [0.3, 0.4) is 0 Å². The van der Waals surface area contributed by atoms with E-state index in [-0.39, 0.29) is 12.1 Å². The molecule has 1 aliphatic carbocycles. The highest BCUT2D eigenvalue weighted by Gasteiger charge is 2.28. The minimum absolute atomic E-state index is 0.0392. The number of carbonyl (C=O) groups excluding carboxylic acids is 1. The summed E-state index contributed by atoms with van der Waals surface area (Å²) in [7, 11) is 0. The third kappa shape index (κ3) is 4.23. The number of ether oxygens (including phenoxy) is 2. The first-order chi connectivity index (χ1) is 13.8. The smallest absolute Gasteiger partial charge is 0.338 e. The van der Waals surface area contributed by atoms with Gasteiger partial charge in [0.1, 0.15) is 6.10 Å². The van der Waals surface area contributed by atoms with Crippen molar-refractivity contribution in [1.29, 1.82) is 0 Å². The summed E-state index contributed by atoms with van der Waals surface area (Å²) in [5.74, 6) is 0.275. The van der Waals surface area contributed by atoms with Crippen LogP contribution in [-0.2, 0) is 9.47 Å². The van der Waals surface area contributed by atoms with E-state index in [2.05, 4.69) is 36.1 Å². The molecule has 0 N–H and O–H groups in total. The van der Waals surface area contributed by atoms with Gasteiger partial charge in [-0.2, -0.15) is 0 Å². The van der Waals surface area contributed by atoms with Gasteiger partial charge in [-0.1, -0.05) is 43.7 Å². The van der Waals surface area contributed by atoms with E-state index >= 15 is 0 Å². The lowest BCUT2D eigenvalue weighted by molar-refractivity contribution is 0.0371. The minimum atomic E-state index is -0.203. The zero-order valence-corrected chi connectivity index (χ0v) is 16.9. The molecule has 0 amide bonds. The molecule has 0 spiro atoms. The molecule has 28 heavy (non-hydrogen) atoms. The van der Waals surface area contributed by atoms with Crippen molar-refractivity contribution < 1.29 is 14.3 Å². The molecule has 1 atom stereocenters. The first-order valence-electron chi connectivity index (χ1n) is 10.8. The Hall–Kier alpha value is -1.91. The maximum atomic E-state index is 12.9. The molecule has 1 fully saturated rings. The standard InChI is InChI=1S/C24H31NO3/c1-2-3-13-25-14-11-18(12-15-25)17-28-24(26)21-7-4-6-19-9-10-22-20(23(19)21)8-5-16-27-22/h4,6-10,18,22H,2-3,5,11-17H2,1H3. The molecule has 3 aliphatic rings. The summed E-state index contributed by atoms with van der Waals surface area (Å²) in [5.41, 5.74) is 3.85. The third-order valence-corrected chi connectivity index (χ3v) is 6.13. The predicted octanol–water partition coefficient (Wildman–Crippen LogP) is 4.55. The van der Waals surface area contributed by atoms with Crippen molar-refractivity contribution in [2.45, 2.75) is 45.1 Å². The normalized spacial score (nSPS) is 22.3. The summed E-state index contributed by atoms with van der Waals surface area (Å²) in [6, 6.07) is 5.89. The van der Waals surface area contributed by atoms with Crippen LogP contribution in [0, 0.1) is 5.92 Å². The molecule has 0 aromatic heterocycles. The molecule has 0 bridgehead atoms. The van der Waals surface area contributed by atoms with Crippen molar-refractivity contribution >= 4 is 17.6 Å². The van der Waals surface area contributed by atoms with E-state index in [4.69, 9.17) is 9.47 Å². The van der Waals surface area contributed by atoms with Gasteiger partial charge >= 0.3 is 5.97 Å². The lowest BCUT2D eigenvalue weighted by Gasteiger charge is -2.31. The van der Waals surface area contributed by atoms with Gasteiger partial charge in [-0.15, -0.1) is 0 Å². The number of esters is 1. The zero-order chi connectivity index (χ0) is 19.3. The Morgan fingerprint density at radius 1 is 1.29 bits per heavy atom. The average molecular weight is 382 g/mol. The van der Waals surface area contributed by atoms with E-state index in [1.807, 2.05) is 12.1 Å². The topological polar surface area (TPSA) is 38.8 Å². The molecule has 1 aromatic rings. The quantitative estimate of drug-likeness (QED) is 0.678. The van der Waals surface area contributed by atoms with Crippen LogP contribution in [0.15, 0.2) is 30.4 Å². The van der Waals surface area contributed by atoms with Crippen LogP contribution in [0.1, 0.15) is 60.5 Å². The van der Waals surface area contributed by atoms with Crippen molar-refractivity contribution in [3.8, 4) is 0 Å². The van der Waals surface area contributed by atoms with Crippen LogP contribution in [-0.4, -0.2) is 49.8 Å². The number of hydrogen-bond donors (Lipinski definition) is 0.